The van der Waals surface area contributed by atoms with Crippen molar-refractivity contribution in [2.24, 2.45) is 0 Å². The van der Waals surface area contributed by atoms with Crippen molar-refractivity contribution in [2.75, 3.05) is 24.2 Å². The molecule has 0 spiro atoms. The van der Waals surface area contributed by atoms with Crippen molar-refractivity contribution in [3.8, 4) is 0 Å². The first-order chi connectivity index (χ1) is 14.5. The third kappa shape index (κ3) is 4.29. The van der Waals surface area contributed by atoms with Crippen LogP contribution in [0.3, 0.4) is 0 Å². The molecule has 1 fully saturated rings. The molecule has 1 aliphatic carbocycles. The SMILES string of the molecule is CN(C1CCCCC1)S(=O)(=O)c1ccc(C(=O)N2CCCSc3ccccc32)cc1. The number of para-hydroxylation sites is 1. The van der Waals surface area contributed by atoms with Gasteiger partial charge in [-0.25, -0.2) is 8.42 Å². The average Bonchev–Trinajstić information content (AvgIpc) is 3.01. The van der Waals surface area contributed by atoms with Gasteiger partial charge in [-0.3, -0.25) is 4.79 Å². The Labute approximate surface area is 183 Å². The standard InChI is InChI=1S/C23H28N2O3S2/c1-24(19-8-3-2-4-9-19)30(27,28)20-14-12-18(13-15-20)23(26)25-16-7-17-29-22-11-6-5-10-21(22)25/h5-6,10-15,19H,2-4,7-9,16-17H2,1H3. The molecule has 7 heteroatoms. The number of anilines is 1. The predicted octanol–water partition coefficient (Wildman–Crippen LogP) is 4.78. The molecule has 0 unspecified atom stereocenters. The molecule has 30 heavy (non-hydrogen) atoms. The average molecular weight is 445 g/mol. The van der Waals surface area contributed by atoms with E-state index < -0.39 is 10.0 Å². The van der Waals surface area contributed by atoms with Crippen LogP contribution in [0.25, 0.3) is 0 Å². The highest BCUT2D eigenvalue weighted by atomic mass is 32.2. The Kier molecular flexibility index (Phi) is 6.51. The first-order valence-electron chi connectivity index (χ1n) is 10.6. The van der Waals surface area contributed by atoms with E-state index in [0.717, 1.165) is 48.4 Å². The van der Waals surface area contributed by atoms with E-state index in [2.05, 4.69) is 0 Å². The van der Waals surface area contributed by atoms with Gasteiger partial charge in [0.2, 0.25) is 10.0 Å². The Bertz CT molecular complexity index is 999. The first-order valence-corrected chi connectivity index (χ1v) is 13.0. The Hall–Kier alpha value is -1.83. The molecule has 0 N–H and O–H groups in total. The van der Waals surface area contributed by atoms with Crippen LogP contribution in [0.1, 0.15) is 48.9 Å². The summed E-state index contributed by atoms with van der Waals surface area (Å²) >= 11 is 1.77. The second-order valence-electron chi connectivity index (χ2n) is 7.96. The summed E-state index contributed by atoms with van der Waals surface area (Å²) in [6.45, 7) is 0.660. The highest BCUT2D eigenvalue weighted by Crippen LogP contribution is 2.34. The third-order valence-corrected chi connectivity index (χ3v) is 9.13. The molecule has 2 aliphatic rings. The van der Waals surface area contributed by atoms with Gasteiger partial charge in [0, 0.05) is 30.1 Å². The Morgan fingerprint density at radius 3 is 2.43 bits per heavy atom. The molecule has 4 rings (SSSR count). The fourth-order valence-electron chi connectivity index (χ4n) is 4.27. The van der Waals surface area contributed by atoms with E-state index in [0.29, 0.717) is 12.1 Å². The van der Waals surface area contributed by atoms with E-state index in [1.165, 1.54) is 10.7 Å². The zero-order valence-corrected chi connectivity index (χ0v) is 18.9. The van der Waals surface area contributed by atoms with Crippen LogP contribution < -0.4 is 4.90 Å². The number of amides is 1. The zero-order chi connectivity index (χ0) is 21.1. The van der Waals surface area contributed by atoms with Gasteiger partial charge < -0.3 is 4.90 Å². The number of nitrogens with zero attached hydrogens (tertiary/aromatic N) is 2. The summed E-state index contributed by atoms with van der Waals surface area (Å²) < 4.78 is 27.6. The molecule has 0 aromatic heterocycles. The van der Waals surface area contributed by atoms with Crippen molar-refractivity contribution in [2.45, 2.75) is 54.4 Å². The number of sulfonamides is 1. The number of carbonyl (C=O) groups excluding carboxylic acids is 1. The number of fused-ring (bicyclic) bond motifs is 1. The lowest BCUT2D eigenvalue weighted by Crippen LogP contribution is -2.38. The van der Waals surface area contributed by atoms with Gasteiger partial charge in [0.25, 0.3) is 5.91 Å². The number of rotatable bonds is 4. The van der Waals surface area contributed by atoms with Crippen LogP contribution in [0, 0.1) is 0 Å². The molecule has 1 saturated carbocycles. The number of benzene rings is 2. The van der Waals surface area contributed by atoms with Crippen molar-refractivity contribution >= 4 is 33.4 Å². The van der Waals surface area contributed by atoms with Crippen LogP contribution in [0.15, 0.2) is 58.3 Å². The van der Waals surface area contributed by atoms with E-state index in [4.69, 9.17) is 0 Å². The summed E-state index contributed by atoms with van der Waals surface area (Å²) in [6, 6.07) is 14.4. The summed E-state index contributed by atoms with van der Waals surface area (Å²) in [7, 11) is -1.88. The minimum atomic E-state index is -3.56. The number of hydrogen-bond acceptors (Lipinski definition) is 4. The van der Waals surface area contributed by atoms with Crippen molar-refractivity contribution in [3.63, 3.8) is 0 Å². The normalized spacial score (nSPS) is 18.1. The Morgan fingerprint density at radius 2 is 1.70 bits per heavy atom. The molecule has 2 aromatic carbocycles. The molecule has 1 aliphatic heterocycles. The Morgan fingerprint density at radius 1 is 1.00 bits per heavy atom. The molecular formula is C23H28N2O3S2. The molecule has 0 saturated heterocycles. The summed E-state index contributed by atoms with van der Waals surface area (Å²) in [5.41, 5.74) is 1.44. The lowest BCUT2D eigenvalue weighted by atomic mass is 9.96. The van der Waals surface area contributed by atoms with Gasteiger partial charge in [-0.15, -0.1) is 11.8 Å². The second kappa shape index (κ2) is 9.12. The van der Waals surface area contributed by atoms with Crippen LogP contribution in [0.4, 0.5) is 5.69 Å². The van der Waals surface area contributed by atoms with E-state index in [1.54, 1.807) is 43.1 Å². The van der Waals surface area contributed by atoms with E-state index in [1.807, 2.05) is 29.2 Å². The maximum Gasteiger partial charge on any atom is 0.258 e. The fraction of sp³-hybridized carbons (Fsp3) is 0.435. The van der Waals surface area contributed by atoms with Gasteiger partial charge >= 0.3 is 0 Å². The smallest absolute Gasteiger partial charge is 0.258 e. The van der Waals surface area contributed by atoms with Gasteiger partial charge in [0.1, 0.15) is 0 Å². The van der Waals surface area contributed by atoms with Crippen LogP contribution in [-0.4, -0.2) is 44.0 Å². The third-order valence-electron chi connectivity index (χ3n) is 6.05. The van der Waals surface area contributed by atoms with Crippen molar-refractivity contribution < 1.29 is 13.2 Å². The molecule has 0 radical (unpaired) electrons. The van der Waals surface area contributed by atoms with Crippen molar-refractivity contribution in [1.29, 1.82) is 0 Å². The van der Waals surface area contributed by atoms with Crippen LogP contribution in [-0.2, 0) is 10.0 Å². The molecule has 1 amide bonds. The molecule has 0 bridgehead atoms. The molecule has 160 valence electrons. The highest BCUT2D eigenvalue weighted by Gasteiger charge is 2.29. The van der Waals surface area contributed by atoms with Gasteiger partial charge in [-0.1, -0.05) is 31.4 Å². The van der Waals surface area contributed by atoms with Gasteiger partial charge in [-0.05, 0) is 61.4 Å². The monoisotopic (exact) mass is 444 g/mol. The topological polar surface area (TPSA) is 57.7 Å². The highest BCUT2D eigenvalue weighted by molar-refractivity contribution is 7.99. The van der Waals surface area contributed by atoms with Gasteiger partial charge in [0.15, 0.2) is 0 Å². The lowest BCUT2D eigenvalue weighted by Gasteiger charge is -2.30. The zero-order valence-electron chi connectivity index (χ0n) is 17.3. The summed E-state index contributed by atoms with van der Waals surface area (Å²) in [5.74, 6) is 0.889. The summed E-state index contributed by atoms with van der Waals surface area (Å²) in [5, 5.41) is 0. The maximum absolute atomic E-state index is 13.2. The number of hydrogen-bond donors (Lipinski definition) is 0. The van der Waals surface area contributed by atoms with Gasteiger partial charge in [0.05, 0.1) is 10.6 Å². The molecular weight excluding hydrogens is 416 g/mol. The minimum Gasteiger partial charge on any atom is -0.307 e. The van der Waals surface area contributed by atoms with E-state index in [9.17, 15) is 13.2 Å². The second-order valence-corrected chi connectivity index (χ2v) is 11.1. The van der Waals surface area contributed by atoms with Crippen LogP contribution in [0.5, 0.6) is 0 Å². The predicted molar refractivity (Wildman–Crippen MR) is 122 cm³/mol. The van der Waals surface area contributed by atoms with Crippen molar-refractivity contribution in [3.05, 3.63) is 54.1 Å². The quantitative estimate of drug-likeness (QED) is 0.681. The Balaban J connectivity index is 1.55. The molecule has 2 aromatic rings. The summed E-state index contributed by atoms with van der Waals surface area (Å²) in [4.78, 5) is 16.4. The largest absolute Gasteiger partial charge is 0.307 e. The van der Waals surface area contributed by atoms with E-state index >= 15 is 0 Å². The summed E-state index contributed by atoms with van der Waals surface area (Å²) in [6.07, 6.45) is 6.08. The van der Waals surface area contributed by atoms with E-state index in [-0.39, 0.29) is 16.8 Å². The fourth-order valence-corrected chi connectivity index (χ4v) is 6.68. The molecule has 1 heterocycles. The number of thioether (sulfide) groups is 1. The molecule has 5 nitrogen and oxygen atoms in total. The number of carbonyl (C=O) groups is 1. The van der Waals surface area contributed by atoms with Gasteiger partial charge in [-0.2, -0.15) is 4.31 Å². The first kappa shape index (κ1) is 21.4. The van der Waals surface area contributed by atoms with Crippen molar-refractivity contribution in [1.82, 2.24) is 4.31 Å². The minimum absolute atomic E-state index is 0.0659. The maximum atomic E-state index is 13.2. The van der Waals surface area contributed by atoms with Crippen LogP contribution in [0.2, 0.25) is 0 Å². The van der Waals surface area contributed by atoms with Crippen LogP contribution >= 0.6 is 11.8 Å². The molecule has 0 atom stereocenters. The lowest BCUT2D eigenvalue weighted by molar-refractivity contribution is 0.0986.